The number of halogens is 4. The number of anilines is 2. The molecule has 5 rings (SSSR count). The Balaban J connectivity index is 1.57. The van der Waals surface area contributed by atoms with Crippen LogP contribution in [0.2, 0.25) is 0 Å². The highest BCUT2D eigenvalue weighted by molar-refractivity contribution is 8.14. The molecule has 3 aliphatic rings. The van der Waals surface area contributed by atoms with Gasteiger partial charge in [0.05, 0.1) is 23.0 Å². The van der Waals surface area contributed by atoms with Gasteiger partial charge in [0.15, 0.2) is 11.2 Å². The number of carbonyl (C=O) groups is 3. The zero-order valence-electron chi connectivity index (χ0n) is 19.2. The number of nitrogens with zero attached hydrogens (tertiary/aromatic N) is 4. The second-order valence-electron chi connectivity index (χ2n) is 8.86. The van der Waals surface area contributed by atoms with E-state index in [-0.39, 0.29) is 32.8 Å². The largest absolute Gasteiger partial charge is 0.480 e. The molecule has 2 aromatic rings. The molecular formula is C23H17F4N5O4S2. The average Bonchev–Trinajstić information content (AvgIpc) is 3.39. The highest BCUT2D eigenvalue weighted by atomic mass is 32.2. The van der Waals surface area contributed by atoms with Gasteiger partial charge in [0.1, 0.15) is 22.1 Å². The molecule has 198 valence electrons. The molecule has 1 atom stereocenters. The number of nitrogens with two attached hydrogens (primary N) is 1. The molecule has 38 heavy (non-hydrogen) atoms. The Morgan fingerprint density at radius 1 is 1.21 bits per heavy atom. The fourth-order valence-corrected chi connectivity index (χ4v) is 6.15. The summed E-state index contributed by atoms with van der Waals surface area (Å²) in [6, 6.07) is 3.04. The molecule has 1 unspecified atom stereocenters. The van der Waals surface area contributed by atoms with Crippen molar-refractivity contribution in [3.8, 4) is 0 Å². The summed E-state index contributed by atoms with van der Waals surface area (Å²) in [5.74, 6) is -3.81. The minimum Gasteiger partial charge on any atom is -0.480 e. The number of pyridine rings is 1. The van der Waals surface area contributed by atoms with Crippen molar-refractivity contribution in [1.82, 2.24) is 4.98 Å². The zero-order valence-corrected chi connectivity index (χ0v) is 20.8. The van der Waals surface area contributed by atoms with E-state index in [4.69, 9.17) is 23.1 Å². The number of carbonyl (C=O) groups excluding carboxylic acids is 2. The number of hydrogen-bond acceptors (Lipinski definition) is 7. The van der Waals surface area contributed by atoms with Crippen LogP contribution in [0.4, 0.5) is 28.9 Å². The molecule has 2 aliphatic heterocycles. The SMILES string of the molecule is NC(=O)c1ccc(N2C(=S)N(c3cnc(C4=NC(C(=O)O)CS4)c(C(F)(F)F)c3)C(=O)C23CCC3)cc1F. The average molecular weight is 568 g/mol. The number of aliphatic carboxylic acids is 1. The Morgan fingerprint density at radius 3 is 2.45 bits per heavy atom. The number of amides is 2. The quantitative estimate of drug-likeness (QED) is 0.416. The lowest BCUT2D eigenvalue weighted by Gasteiger charge is -2.43. The smallest absolute Gasteiger partial charge is 0.418 e. The van der Waals surface area contributed by atoms with Crippen molar-refractivity contribution in [1.29, 1.82) is 0 Å². The van der Waals surface area contributed by atoms with Crippen LogP contribution in [0.5, 0.6) is 0 Å². The number of rotatable bonds is 5. The van der Waals surface area contributed by atoms with Crippen molar-refractivity contribution >= 4 is 63.3 Å². The summed E-state index contributed by atoms with van der Waals surface area (Å²) in [5.41, 5.74) is 1.71. The first-order chi connectivity index (χ1) is 17.8. The van der Waals surface area contributed by atoms with Gasteiger partial charge >= 0.3 is 12.1 Å². The molecule has 1 saturated carbocycles. The van der Waals surface area contributed by atoms with Crippen molar-refractivity contribution in [2.45, 2.75) is 37.0 Å². The molecule has 1 spiro atoms. The van der Waals surface area contributed by atoms with Crippen LogP contribution in [0.25, 0.3) is 0 Å². The van der Waals surface area contributed by atoms with Gasteiger partial charge in [0, 0.05) is 11.4 Å². The molecule has 3 heterocycles. The number of benzene rings is 1. The van der Waals surface area contributed by atoms with Gasteiger partial charge in [0.25, 0.3) is 11.8 Å². The number of primary amides is 1. The Bertz CT molecular complexity index is 1440. The van der Waals surface area contributed by atoms with Gasteiger partial charge in [-0.25, -0.2) is 9.18 Å². The molecule has 2 fully saturated rings. The maximum absolute atomic E-state index is 14.6. The third-order valence-electron chi connectivity index (χ3n) is 6.64. The first-order valence-corrected chi connectivity index (χ1v) is 12.5. The van der Waals surface area contributed by atoms with Crippen LogP contribution in [0.1, 0.15) is 40.9 Å². The monoisotopic (exact) mass is 567 g/mol. The molecule has 3 N–H and O–H groups in total. The third kappa shape index (κ3) is 4.00. The van der Waals surface area contributed by atoms with Crippen LogP contribution in [-0.4, -0.2) is 55.4 Å². The van der Waals surface area contributed by atoms with E-state index in [2.05, 4.69) is 9.98 Å². The molecule has 0 bridgehead atoms. The normalized spacial score (nSPS) is 20.6. The van der Waals surface area contributed by atoms with E-state index in [0.29, 0.717) is 19.3 Å². The van der Waals surface area contributed by atoms with Gasteiger partial charge in [-0.3, -0.25) is 24.5 Å². The number of hydrogen-bond donors (Lipinski definition) is 2. The fraction of sp³-hybridized carbons (Fsp3) is 0.304. The van der Waals surface area contributed by atoms with Crippen molar-refractivity contribution in [3.05, 3.63) is 53.1 Å². The summed E-state index contributed by atoms with van der Waals surface area (Å²) >= 11 is 6.36. The van der Waals surface area contributed by atoms with Crippen LogP contribution < -0.4 is 15.5 Å². The van der Waals surface area contributed by atoms with Gasteiger partial charge < -0.3 is 15.7 Å². The van der Waals surface area contributed by atoms with Crippen LogP contribution in [0.15, 0.2) is 35.5 Å². The van der Waals surface area contributed by atoms with Gasteiger partial charge in [0.2, 0.25) is 0 Å². The van der Waals surface area contributed by atoms with Crippen molar-refractivity contribution in [2.24, 2.45) is 10.7 Å². The lowest BCUT2D eigenvalue weighted by atomic mass is 9.75. The summed E-state index contributed by atoms with van der Waals surface area (Å²) in [6.07, 6.45) is -2.59. The predicted molar refractivity (Wildman–Crippen MR) is 134 cm³/mol. The fourth-order valence-electron chi connectivity index (χ4n) is 4.64. The maximum Gasteiger partial charge on any atom is 0.418 e. The summed E-state index contributed by atoms with van der Waals surface area (Å²) in [4.78, 5) is 46.3. The lowest BCUT2D eigenvalue weighted by Crippen LogP contribution is -2.55. The molecule has 1 saturated heterocycles. The molecular weight excluding hydrogens is 550 g/mol. The van der Waals surface area contributed by atoms with E-state index >= 15 is 0 Å². The van der Waals surface area contributed by atoms with Crippen LogP contribution in [0.3, 0.4) is 0 Å². The van der Waals surface area contributed by atoms with Gasteiger partial charge in [-0.2, -0.15) is 13.2 Å². The standard InChI is InChI=1S/C23H17F4N5O4S2/c24-14-7-10(2-3-12(14)17(28)33)32-21(37)31(20(36)22(32)4-1-5-22)11-6-13(23(25,26)27)16(29-8-11)18-30-15(9-38-18)19(34)35/h2-3,6-8,15H,1,4-5,9H2,(H2,28,33)(H,34,35). The van der Waals surface area contributed by atoms with E-state index in [1.807, 2.05) is 0 Å². The predicted octanol–water partition coefficient (Wildman–Crippen LogP) is 3.35. The van der Waals surface area contributed by atoms with Gasteiger partial charge in [-0.1, -0.05) is 0 Å². The molecule has 1 aromatic heterocycles. The first kappa shape index (κ1) is 26.0. The number of aromatic nitrogens is 1. The minimum absolute atomic E-state index is 0.0390. The van der Waals surface area contributed by atoms with Crippen molar-refractivity contribution < 1.29 is 37.1 Å². The first-order valence-electron chi connectivity index (χ1n) is 11.1. The summed E-state index contributed by atoms with van der Waals surface area (Å²) < 4.78 is 56.8. The molecule has 0 radical (unpaired) electrons. The van der Waals surface area contributed by atoms with Crippen molar-refractivity contribution in [3.63, 3.8) is 0 Å². The van der Waals surface area contributed by atoms with Gasteiger partial charge in [-0.05, 0) is 55.7 Å². The van der Waals surface area contributed by atoms with E-state index < -0.39 is 52.6 Å². The van der Waals surface area contributed by atoms with Gasteiger partial charge in [-0.15, -0.1) is 11.8 Å². The summed E-state index contributed by atoms with van der Waals surface area (Å²) in [7, 11) is 0. The Hall–Kier alpha value is -3.59. The second kappa shape index (κ2) is 9.01. The summed E-state index contributed by atoms with van der Waals surface area (Å²) in [5, 5.41) is 8.79. The molecule has 1 aliphatic carbocycles. The van der Waals surface area contributed by atoms with Crippen LogP contribution >= 0.6 is 24.0 Å². The second-order valence-corrected chi connectivity index (χ2v) is 10.2. The summed E-state index contributed by atoms with van der Waals surface area (Å²) in [6.45, 7) is 0. The highest BCUT2D eigenvalue weighted by Gasteiger charge is 2.60. The number of aliphatic imine (C=N–C) groups is 1. The van der Waals surface area contributed by atoms with E-state index in [1.165, 1.54) is 11.0 Å². The third-order valence-corrected chi connectivity index (χ3v) is 8.06. The van der Waals surface area contributed by atoms with E-state index in [9.17, 15) is 31.9 Å². The number of alkyl halides is 3. The maximum atomic E-state index is 14.6. The topological polar surface area (TPSA) is 129 Å². The van der Waals surface area contributed by atoms with Crippen LogP contribution in [-0.2, 0) is 15.8 Å². The van der Waals surface area contributed by atoms with Crippen LogP contribution in [0, 0.1) is 5.82 Å². The van der Waals surface area contributed by atoms with Crippen molar-refractivity contribution in [2.75, 3.05) is 15.6 Å². The Kier molecular flexibility index (Phi) is 6.17. The Morgan fingerprint density at radius 2 is 1.92 bits per heavy atom. The minimum atomic E-state index is -4.91. The number of carboxylic acids is 1. The Labute approximate surface area is 221 Å². The highest BCUT2D eigenvalue weighted by Crippen LogP contribution is 2.48. The number of thioether (sulfide) groups is 1. The lowest BCUT2D eigenvalue weighted by molar-refractivity contribution is -0.138. The molecule has 15 heteroatoms. The molecule has 2 amide bonds. The van der Waals surface area contributed by atoms with E-state index in [0.717, 1.165) is 41.1 Å². The zero-order chi connectivity index (χ0) is 27.6. The van der Waals surface area contributed by atoms with E-state index in [1.54, 1.807) is 0 Å². The number of carboxylic acid groups (broad SMARTS) is 1. The molecule has 1 aromatic carbocycles. The molecule has 9 nitrogen and oxygen atoms in total. The number of thiocarbonyl (C=S) groups is 1.